The number of aryl methyl sites for hydroxylation is 1. The van der Waals surface area contributed by atoms with E-state index in [1.165, 1.54) is 17.5 Å². The van der Waals surface area contributed by atoms with Crippen molar-refractivity contribution in [2.24, 2.45) is 0 Å². The number of esters is 2. The van der Waals surface area contributed by atoms with E-state index in [-0.39, 0.29) is 6.61 Å². The Morgan fingerprint density at radius 3 is 2.43 bits per heavy atom. The number of hydrogen-bond donors (Lipinski definition) is 2. The third kappa shape index (κ3) is 4.07. The number of fused-ring (bicyclic) bond motifs is 1. The van der Waals surface area contributed by atoms with Gasteiger partial charge in [-0.25, -0.2) is 9.59 Å². The Morgan fingerprint density at radius 2 is 1.71 bits per heavy atom. The van der Waals surface area contributed by atoms with Crippen LogP contribution < -0.4 is 10.9 Å². The zero-order valence-electron chi connectivity index (χ0n) is 15.9. The van der Waals surface area contributed by atoms with Crippen LogP contribution in [0.5, 0.6) is 0 Å². The van der Waals surface area contributed by atoms with Crippen LogP contribution in [0.1, 0.15) is 39.4 Å². The smallest absolute Gasteiger partial charge is 0.341 e. The van der Waals surface area contributed by atoms with Crippen molar-refractivity contribution in [1.29, 1.82) is 0 Å². The maximum Gasteiger partial charge on any atom is 0.341 e. The first kappa shape index (κ1) is 19.6. The van der Waals surface area contributed by atoms with Gasteiger partial charge in [0.15, 0.2) is 0 Å². The topological polar surface area (TPSA) is 89.6 Å². The Balaban J connectivity index is 1.97. The molecule has 0 amide bonds. The minimum atomic E-state index is -0.474. The fourth-order valence-electron chi connectivity index (χ4n) is 2.73. The number of anilines is 2. The molecule has 2 heterocycles. The standard InChI is InChI=1S/C20H21N3O4S/c1-4-26-19(24)14-10-12(3)28-18(14)23-22-17-13-8-6-7-9-16(13)21-11-15(17)20(25)27-5-2/h6-11,23H,4-5H2,1-3H3,(H,21,22). The minimum Gasteiger partial charge on any atom is -0.462 e. The quantitative estimate of drug-likeness (QED) is 0.450. The lowest BCUT2D eigenvalue weighted by Gasteiger charge is -2.15. The molecule has 0 aliphatic rings. The molecule has 0 unspecified atom stereocenters. The fraction of sp³-hybridized carbons (Fsp3) is 0.250. The summed E-state index contributed by atoms with van der Waals surface area (Å²) in [4.78, 5) is 29.9. The molecule has 0 aliphatic carbocycles. The van der Waals surface area contributed by atoms with Crippen molar-refractivity contribution in [3.05, 3.63) is 52.5 Å². The molecular formula is C20H21N3O4S. The number of carbonyl (C=O) groups is 2. The van der Waals surface area contributed by atoms with Crippen molar-refractivity contribution >= 4 is 44.9 Å². The molecule has 3 rings (SSSR count). The number of nitrogens with zero attached hydrogens (tertiary/aromatic N) is 1. The van der Waals surface area contributed by atoms with Gasteiger partial charge in [0, 0.05) is 16.5 Å². The van der Waals surface area contributed by atoms with Crippen LogP contribution in [-0.4, -0.2) is 30.1 Å². The first-order valence-corrected chi connectivity index (χ1v) is 9.71. The number of thiophene rings is 1. The summed E-state index contributed by atoms with van der Waals surface area (Å²) < 4.78 is 10.3. The van der Waals surface area contributed by atoms with Gasteiger partial charge >= 0.3 is 11.9 Å². The van der Waals surface area contributed by atoms with E-state index in [1.807, 2.05) is 31.2 Å². The summed E-state index contributed by atoms with van der Waals surface area (Å²) in [6.45, 7) is 5.97. The van der Waals surface area contributed by atoms with E-state index in [2.05, 4.69) is 15.8 Å². The predicted octanol–water partition coefficient (Wildman–Crippen LogP) is 4.40. The molecule has 1 aromatic carbocycles. The average molecular weight is 399 g/mol. The summed E-state index contributed by atoms with van der Waals surface area (Å²) in [5.41, 5.74) is 8.13. The van der Waals surface area contributed by atoms with E-state index in [4.69, 9.17) is 9.47 Å². The third-order valence-electron chi connectivity index (χ3n) is 3.92. The second-order valence-electron chi connectivity index (χ2n) is 5.85. The number of ether oxygens (including phenoxy) is 2. The highest BCUT2D eigenvalue weighted by molar-refractivity contribution is 7.16. The van der Waals surface area contributed by atoms with E-state index in [9.17, 15) is 9.59 Å². The molecule has 0 atom stereocenters. The molecular weight excluding hydrogens is 378 g/mol. The molecule has 2 aromatic heterocycles. The molecule has 0 radical (unpaired) electrons. The van der Waals surface area contributed by atoms with E-state index in [0.29, 0.717) is 28.4 Å². The summed E-state index contributed by atoms with van der Waals surface area (Å²) in [6, 6.07) is 9.22. The number of pyridine rings is 1. The van der Waals surface area contributed by atoms with Gasteiger partial charge in [-0.05, 0) is 32.9 Å². The summed E-state index contributed by atoms with van der Waals surface area (Å²) >= 11 is 1.41. The van der Waals surface area contributed by atoms with Gasteiger partial charge in [-0.15, -0.1) is 11.3 Å². The third-order valence-corrected chi connectivity index (χ3v) is 4.89. The number of rotatable bonds is 7. The second kappa shape index (κ2) is 8.71. The van der Waals surface area contributed by atoms with Crippen LogP contribution in [0.25, 0.3) is 10.9 Å². The zero-order chi connectivity index (χ0) is 20.1. The Labute approximate surface area is 166 Å². The van der Waals surface area contributed by atoms with Gasteiger partial charge in [0.05, 0.1) is 30.0 Å². The molecule has 0 bridgehead atoms. The van der Waals surface area contributed by atoms with Crippen molar-refractivity contribution in [3.63, 3.8) is 0 Å². The van der Waals surface area contributed by atoms with Crippen molar-refractivity contribution in [2.75, 3.05) is 24.1 Å². The van der Waals surface area contributed by atoms with Crippen LogP contribution in [0.15, 0.2) is 36.5 Å². The molecule has 0 spiro atoms. The second-order valence-corrected chi connectivity index (χ2v) is 7.11. The summed E-state index contributed by atoms with van der Waals surface area (Å²) in [6.07, 6.45) is 1.48. The maximum atomic E-state index is 12.4. The number of hydrazine groups is 1. The number of para-hydroxylation sites is 1. The Hall–Kier alpha value is -3.13. The monoisotopic (exact) mass is 399 g/mol. The van der Waals surface area contributed by atoms with E-state index < -0.39 is 11.9 Å². The molecule has 0 aliphatic heterocycles. The number of hydrogen-bond acceptors (Lipinski definition) is 8. The van der Waals surface area contributed by atoms with Gasteiger partial charge in [-0.2, -0.15) is 0 Å². The number of aromatic nitrogens is 1. The number of benzene rings is 1. The summed E-state index contributed by atoms with van der Waals surface area (Å²) in [7, 11) is 0. The van der Waals surface area contributed by atoms with Crippen LogP contribution >= 0.6 is 11.3 Å². The molecule has 28 heavy (non-hydrogen) atoms. The predicted molar refractivity (Wildman–Crippen MR) is 110 cm³/mol. The van der Waals surface area contributed by atoms with Crippen molar-refractivity contribution in [3.8, 4) is 0 Å². The van der Waals surface area contributed by atoms with Crippen LogP contribution in [0.2, 0.25) is 0 Å². The first-order valence-electron chi connectivity index (χ1n) is 8.89. The zero-order valence-corrected chi connectivity index (χ0v) is 16.7. The molecule has 2 N–H and O–H groups in total. The highest BCUT2D eigenvalue weighted by atomic mass is 32.1. The summed E-state index contributed by atoms with van der Waals surface area (Å²) in [5, 5.41) is 1.36. The molecule has 8 heteroatoms. The molecule has 7 nitrogen and oxygen atoms in total. The van der Waals surface area contributed by atoms with Crippen LogP contribution in [0.4, 0.5) is 10.7 Å². The number of nitrogens with one attached hydrogen (secondary N) is 2. The highest BCUT2D eigenvalue weighted by Gasteiger charge is 2.19. The molecule has 146 valence electrons. The molecule has 0 saturated heterocycles. The first-order chi connectivity index (χ1) is 13.5. The van der Waals surface area contributed by atoms with E-state index >= 15 is 0 Å². The van der Waals surface area contributed by atoms with Crippen LogP contribution in [0.3, 0.4) is 0 Å². The SMILES string of the molecule is CCOC(=O)c1cc(C)sc1NNc1c(C(=O)OCC)cnc2ccccc12. The number of carbonyl (C=O) groups excluding carboxylic acids is 2. The Bertz CT molecular complexity index is 1020. The van der Waals surface area contributed by atoms with Crippen molar-refractivity contribution in [1.82, 2.24) is 4.98 Å². The van der Waals surface area contributed by atoms with Gasteiger partial charge in [0.25, 0.3) is 0 Å². The lowest BCUT2D eigenvalue weighted by atomic mass is 10.1. The fourth-order valence-corrected chi connectivity index (χ4v) is 3.58. The Kier molecular flexibility index (Phi) is 6.10. The molecule has 0 saturated carbocycles. The van der Waals surface area contributed by atoms with Crippen molar-refractivity contribution in [2.45, 2.75) is 20.8 Å². The van der Waals surface area contributed by atoms with E-state index in [0.717, 1.165) is 15.8 Å². The normalized spacial score (nSPS) is 10.5. The van der Waals surface area contributed by atoms with Gasteiger partial charge in [0.2, 0.25) is 0 Å². The Morgan fingerprint density at radius 1 is 1.04 bits per heavy atom. The minimum absolute atomic E-state index is 0.260. The van der Waals surface area contributed by atoms with E-state index in [1.54, 1.807) is 19.9 Å². The maximum absolute atomic E-state index is 12.4. The van der Waals surface area contributed by atoms with Crippen molar-refractivity contribution < 1.29 is 19.1 Å². The van der Waals surface area contributed by atoms with Crippen LogP contribution in [0, 0.1) is 6.92 Å². The largest absolute Gasteiger partial charge is 0.462 e. The van der Waals surface area contributed by atoms with Gasteiger partial charge in [-0.3, -0.25) is 15.8 Å². The van der Waals surface area contributed by atoms with Gasteiger partial charge < -0.3 is 9.47 Å². The molecule has 0 fully saturated rings. The molecule has 3 aromatic rings. The summed E-state index contributed by atoms with van der Waals surface area (Å²) in [5.74, 6) is -0.876. The highest BCUT2D eigenvalue weighted by Crippen LogP contribution is 2.31. The van der Waals surface area contributed by atoms with Gasteiger partial charge in [-0.1, -0.05) is 18.2 Å². The van der Waals surface area contributed by atoms with Gasteiger partial charge in [0.1, 0.15) is 10.6 Å². The average Bonchev–Trinajstić information content (AvgIpc) is 3.07. The lowest BCUT2D eigenvalue weighted by Crippen LogP contribution is -2.16. The van der Waals surface area contributed by atoms with Crippen LogP contribution in [-0.2, 0) is 9.47 Å². The lowest BCUT2D eigenvalue weighted by molar-refractivity contribution is 0.0517.